The fraction of sp³-hybridized carbons (Fsp3) is 0.308. The van der Waals surface area contributed by atoms with Crippen molar-refractivity contribution in [1.29, 1.82) is 0 Å². The number of carboxylic acid groups (broad SMARTS) is 1. The van der Waals surface area contributed by atoms with Gasteiger partial charge in [-0.1, -0.05) is 22.9 Å². The van der Waals surface area contributed by atoms with Gasteiger partial charge >= 0.3 is 5.97 Å². The highest BCUT2D eigenvalue weighted by molar-refractivity contribution is 6.31. The molecule has 20 heavy (non-hydrogen) atoms. The largest absolute Gasteiger partial charge is 0.476 e. The summed E-state index contributed by atoms with van der Waals surface area (Å²) in [7, 11) is 0. The number of hydrogen-bond donors (Lipinski definition) is 1. The standard InChI is InChI=1S/C13H11ClFN3O2/c14-9-6-7(15)4-5-8(9)10-2-1-3-11-12(13(19)20)16-17-18(10)11/h4-6,10H,1-3H2,(H,19,20). The monoisotopic (exact) mass is 295 g/mol. The third-order valence-corrected chi connectivity index (χ3v) is 3.83. The Morgan fingerprint density at radius 2 is 2.30 bits per heavy atom. The zero-order valence-electron chi connectivity index (χ0n) is 10.4. The summed E-state index contributed by atoms with van der Waals surface area (Å²) in [5, 5.41) is 17.1. The smallest absolute Gasteiger partial charge is 0.358 e. The van der Waals surface area contributed by atoms with Crippen molar-refractivity contribution in [3.8, 4) is 0 Å². The first-order chi connectivity index (χ1) is 9.58. The molecule has 1 aliphatic heterocycles. The molecular weight excluding hydrogens is 285 g/mol. The molecule has 2 heterocycles. The molecule has 0 bridgehead atoms. The van der Waals surface area contributed by atoms with Gasteiger partial charge in [0.25, 0.3) is 0 Å². The van der Waals surface area contributed by atoms with E-state index in [4.69, 9.17) is 16.7 Å². The van der Waals surface area contributed by atoms with Crippen molar-refractivity contribution >= 4 is 17.6 Å². The molecule has 0 saturated heterocycles. The molecule has 7 heteroatoms. The van der Waals surface area contributed by atoms with Gasteiger partial charge in [-0.25, -0.2) is 13.9 Å². The summed E-state index contributed by atoms with van der Waals surface area (Å²) >= 11 is 6.08. The minimum absolute atomic E-state index is 0.0204. The topological polar surface area (TPSA) is 68.0 Å². The molecule has 1 aromatic carbocycles. The first kappa shape index (κ1) is 13.1. The Morgan fingerprint density at radius 1 is 1.50 bits per heavy atom. The average molecular weight is 296 g/mol. The van der Waals surface area contributed by atoms with Gasteiger partial charge in [0, 0.05) is 5.02 Å². The zero-order valence-corrected chi connectivity index (χ0v) is 11.1. The van der Waals surface area contributed by atoms with Crippen molar-refractivity contribution in [2.75, 3.05) is 0 Å². The molecule has 1 unspecified atom stereocenters. The molecule has 0 radical (unpaired) electrons. The van der Waals surface area contributed by atoms with Crippen molar-refractivity contribution in [3.05, 3.63) is 46.0 Å². The maximum Gasteiger partial charge on any atom is 0.358 e. The molecule has 0 amide bonds. The van der Waals surface area contributed by atoms with Gasteiger partial charge in [-0.05, 0) is 37.0 Å². The van der Waals surface area contributed by atoms with Gasteiger partial charge in [-0.2, -0.15) is 0 Å². The van der Waals surface area contributed by atoms with Crippen LogP contribution in [0.25, 0.3) is 0 Å². The minimum atomic E-state index is -1.09. The Labute approximate surface area is 119 Å². The number of carbonyl (C=O) groups is 1. The lowest BCUT2D eigenvalue weighted by atomic mass is 9.96. The third kappa shape index (κ3) is 2.06. The maximum atomic E-state index is 13.1. The second-order valence-corrected chi connectivity index (χ2v) is 5.12. The van der Waals surface area contributed by atoms with Gasteiger partial charge in [0.15, 0.2) is 5.69 Å². The lowest BCUT2D eigenvalue weighted by Gasteiger charge is -2.25. The van der Waals surface area contributed by atoms with Crippen molar-refractivity contribution < 1.29 is 14.3 Å². The van der Waals surface area contributed by atoms with Crippen LogP contribution in [0.15, 0.2) is 18.2 Å². The first-order valence-corrected chi connectivity index (χ1v) is 6.58. The molecule has 2 aromatic rings. The molecule has 1 aliphatic rings. The number of rotatable bonds is 2. The summed E-state index contributed by atoms with van der Waals surface area (Å²) in [6.07, 6.45) is 2.19. The lowest BCUT2D eigenvalue weighted by Crippen LogP contribution is -2.21. The number of carboxylic acids is 1. The average Bonchev–Trinajstić information content (AvgIpc) is 2.82. The van der Waals surface area contributed by atoms with Crippen LogP contribution in [-0.4, -0.2) is 26.1 Å². The fourth-order valence-corrected chi connectivity index (χ4v) is 2.90. The van der Waals surface area contributed by atoms with E-state index >= 15 is 0 Å². The molecular formula is C13H11ClFN3O2. The maximum absolute atomic E-state index is 13.1. The lowest BCUT2D eigenvalue weighted by molar-refractivity contribution is 0.0688. The predicted molar refractivity (Wildman–Crippen MR) is 69.5 cm³/mol. The van der Waals surface area contributed by atoms with Crippen LogP contribution in [0.2, 0.25) is 5.02 Å². The Morgan fingerprint density at radius 3 is 3.00 bits per heavy atom. The van der Waals surface area contributed by atoms with E-state index in [-0.39, 0.29) is 11.7 Å². The molecule has 1 aromatic heterocycles. The highest BCUT2D eigenvalue weighted by Crippen LogP contribution is 2.34. The quantitative estimate of drug-likeness (QED) is 0.925. The summed E-state index contributed by atoms with van der Waals surface area (Å²) in [5.74, 6) is -1.49. The summed E-state index contributed by atoms with van der Waals surface area (Å²) < 4.78 is 14.7. The second kappa shape index (κ2) is 4.86. The van der Waals surface area contributed by atoms with Crippen LogP contribution >= 0.6 is 11.6 Å². The van der Waals surface area contributed by atoms with E-state index in [0.29, 0.717) is 17.1 Å². The number of aromatic carboxylic acids is 1. The van der Waals surface area contributed by atoms with E-state index in [1.54, 1.807) is 10.7 Å². The van der Waals surface area contributed by atoms with Crippen molar-refractivity contribution in [2.24, 2.45) is 0 Å². The van der Waals surface area contributed by atoms with Crippen LogP contribution in [0.5, 0.6) is 0 Å². The van der Waals surface area contributed by atoms with E-state index in [9.17, 15) is 9.18 Å². The molecule has 0 spiro atoms. The molecule has 3 rings (SSSR count). The molecule has 0 saturated carbocycles. The predicted octanol–water partition coefficient (Wildman–Crippen LogP) is 2.69. The van der Waals surface area contributed by atoms with Gasteiger partial charge < -0.3 is 5.11 Å². The number of fused-ring (bicyclic) bond motifs is 1. The number of aromatic nitrogens is 3. The Kier molecular flexibility index (Phi) is 3.17. The number of halogens is 2. The minimum Gasteiger partial charge on any atom is -0.476 e. The molecule has 1 N–H and O–H groups in total. The summed E-state index contributed by atoms with van der Waals surface area (Å²) in [5.41, 5.74) is 1.30. The SMILES string of the molecule is O=C(O)c1nnn2c1CCCC2c1ccc(F)cc1Cl. The third-order valence-electron chi connectivity index (χ3n) is 3.50. The summed E-state index contributed by atoms with van der Waals surface area (Å²) in [4.78, 5) is 11.1. The molecule has 1 atom stereocenters. The van der Waals surface area contributed by atoms with E-state index < -0.39 is 11.8 Å². The Bertz CT molecular complexity index is 686. The van der Waals surface area contributed by atoms with Crippen molar-refractivity contribution in [1.82, 2.24) is 15.0 Å². The molecule has 0 fully saturated rings. The van der Waals surface area contributed by atoms with Gasteiger partial charge in [0.1, 0.15) is 5.82 Å². The van der Waals surface area contributed by atoms with E-state index in [1.807, 2.05) is 0 Å². The van der Waals surface area contributed by atoms with E-state index in [0.717, 1.165) is 18.4 Å². The zero-order chi connectivity index (χ0) is 14.3. The molecule has 0 aliphatic carbocycles. The summed E-state index contributed by atoms with van der Waals surface area (Å²) in [6, 6.07) is 4.00. The van der Waals surface area contributed by atoms with Crippen LogP contribution in [0.3, 0.4) is 0 Å². The van der Waals surface area contributed by atoms with Crippen LogP contribution in [0.4, 0.5) is 4.39 Å². The van der Waals surface area contributed by atoms with Crippen molar-refractivity contribution in [2.45, 2.75) is 25.3 Å². The van der Waals surface area contributed by atoms with E-state index in [2.05, 4.69) is 10.3 Å². The fourth-order valence-electron chi connectivity index (χ4n) is 2.61. The molecule has 5 nitrogen and oxygen atoms in total. The Hall–Kier alpha value is -1.95. The van der Waals surface area contributed by atoms with Gasteiger partial charge in [0.05, 0.1) is 11.7 Å². The summed E-state index contributed by atoms with van der Waals surface area (Å²) in [6.45, 7) is 0. The van der Waals surface area contributed by atoms with Gasteiger partial charge in [-0.15, -0.1) is 5.10 Å². The van der Waals surface area contributed by atoms with Gasteiger partial charge in [-0.3, -0.25) is 0 Å². The number of hydrogen-bond acceptors (Lipinski definition) is 3. The van der Waals surface area contributed by atoms with Crippen LogP contribution in [0, 0.1) is 5.82 Å². The highest BCUT2D eigenvalue weighted by Gasteiger charge is 2.29. The van der Waals surface area contributed by atoms with Crippen LogP contribution in [-0.2, 0) is 6.42 Å². The molecule has 104 valence electrons. The van der Waals surface area contributed by atoms with Crippen LogP contribution in [0.1, 0.15) is 40.6 Å². The van der Waals surface area contributed by atoms with Crippen LogP contribution < -0.4 is 0 Å². The number of nitrogens with zero attached hydrogens (tertiary/aromatic N) is 3. The number of benzene rings is 1. The first-order valence-electron chi connectivity index (χ1n) is 6.20. The second-order valence-electron chi connectivity index (χ2n) is 4.71. The van der Waals surface area contributed by atoms with Crippen molar-refractivity contribution in [3.63, 3.8) is 0 Å². The Balaban J connectivity index is 2.08. The highest BCUT2D eigenvalue weighted by atomic mass is 35.5. The normalized spacial score (nSPS) is 17.8. The van der Waals surface area contributed by atoms with E-state index in [1.165, 1.54) is 12.1 Å². The van der Waals surface area contributed by atoms with Gasteiger partial charge in [0.2, 0.25) is 0 Å².